The predicted octanol–water partition coefficient (Wildman–Crippen LogP) is 1.97. The summed E-state index contributed by atoms with van der Waals surface area (Å²) >= 11 is 0. The van der Waals surface area contributed by atoms with Crippen molar-refractivity contribution in [3.63, 3.8) is 0 Å². The first-order valence-electron chi connectivity index (χ1n) is 8.85. The van der Waals surface area contributed by atoms with Crippen LogP contribution in [0.1, 0.15) is 35.1 Å². The van der Waals surface area contributed by atoms with Crippen molar-refractivity contribution in [3.8, 4) is 5.75 Å². The van der Waals surface area contributed by atoms with E-state index in [2.05, 4.69) is 21.6 Å². The second-order valence-corrected chi connectivity index (χ2v) is 8.36. The Balaban J connectivity index is 1.59. The van der Waals surface area contributed by atoms with Crippen LogP contribution in [0.15, 0.2) is 23.4 Å². The highest BCUT2D eigenvalue weighted by atomic mass is 32.2. The zero-order valence-corrected chi connectivity index (χ0v) is 15.7. The molecule has 8 nitrogen and oxygen atoms in total. The number of amides is 2. The Labute approximate surface area is 157 Å². The summed E-state index contributed by atoms with van der Waals surface area (Å²) in [5.41, 5.74) is 5.55. The first kappa shape index (κ1) is 17.7. The van der Waals surface area contributed by atoms with Crippen LogP contribution < -0.4 is 14.8 Å². The number of methoxy groups -OCH3 is 1. The van der Waals surface area contributed by atoms with Gasteiger partial charge >= 0.3 is 6.03 Å². The molecule has 0 spiro atoms. The monoisotopic (exact) mass is 388 g/mol. The normalized spacial score (nSPS) is 15.1. The molecule has 0 fully saturated rings. The largest absolute Gasteiger partial charge is 0.495 e. The van der Waals surface area contributed by atoms with Gasteiger partial charge in [0.1, 0.15) is 5.75 Å². The minimum atomic E-state index is -4.16. The number of benzene rings is 1. The Morgan fingerprint density at radius 1 is 1.07 bits per heavy atom. The standard InChI is InChI=1S/C18H20N4O4S/c1-26-13-9-16(21-19-10-13)27(24,25)22-18(23)20-17-14-6-2-4-11(14)8-12-5-3-7-15(12)17/h8-10H,2-7H2,1H3,(H2,20,22,23). The third kappa shape index (κ3) is 3.34. The number of fused-ring (bicyclic) bond motifs is 2. The van der Waals surface area contributed by atoms with E-state index in [1.165, 1.54) is 30.5 Å². The van der Waals surface area contributed by atoms with Gasteiger partial charge in [0.05, 0.1) is 13.3 Å². The Morgan fingerprint density at radius 3 is 2.37 bits per heavy atom. The van der Waals surface area contributed by atoms with Gasteiger partial charge in [0.25, 0.3) is 10.0 Å². The molecule has 0 saturated carbocycles. The van der Waals surface area contributed by atoms with Crippen LogP contribution in [0.4, 0.5) is 10.5 Å². The second-order valence-electron chi connectivity index (χ2n) is 6.73. The molecule has 2 aromatic rings. The molecule has 1 aromatic heterocycles. The molecule has 142 valence electrons. The number of hydrogen-bond donors (Lipinski definition) is 2. The van der Waals surface area contributed by atoms with Crippen molar-refractivity contribution in [1.82, 2.24) is 14.9 Å². The van der Waals surface area contributed by atoms with Gasteiger partial charge in [-0.25, -0.2) is 9.52 Å². The molecule has 0 unspecified atom stereocenters. The van der Waals surface area contributed by atoms with Gasteiger partial charge in [-0.05, 0) is 60.8 Å². The van der Waals surface area contributed by atoms with E-state index in [0.717, 1.165) is 55.3 Å². The van der Waals surface area contributed by atoms with Gasteiger partial charge in [-0.15, -0.1) is 5.10 Å². The number of hydrogen-bond acceptors (Lipinski definition) is 6. The van der Waals surface area contributed by atoms with Gasteiger partial charge in [0.15, 0.2) is 0 Å². The lowest BCUT2D eigenvalue weighted by Gasteiger charge is -2.16. The van der Waals surface area contributed by atoms with Crippen molar-refractivity contribution in [2.45, 2.75) is 43.6 Å². The molecule has 2 N–H and O–H groups in total. The minimum Gasteiger partial charge on any atom is -0.495 e. The van der Waals surface area contributed by atoms with Crippen LogP contribution in [0, 0.1) is 0 Å². The highest BCUT2D eigenvalue weighted by Gasteiger charge is 2.27. The quantitative estimate of drug-likeness (QED) is 0.829. The molecule has 0 radical (unpaired) electrons. The number of nitrogens with zero attached hydrogens (tertiary/aromatic N) is 2. The summed E-state index contributed by atoms with van der Waals surface area (Å²) in [4.78, 5) is 12.5. The highest BCUT2D eigenvalue weighted by Crippen LogP contribution is 2.38. The molecule has 27 heavy (non-hydrogen) atoms. The first-order valence-corrected chi connectivity index (χ1v) is 10.3. The van der Waals surface area contributed by atoms with Crippen LogP contribution in [-0.2, 0) is 35.7 Å². The van der Waals surface area contributed by atoms with Gasteiger partial charge in [-0.3, -0.25) is 0 Å². The number of anilines is 1. The third-order valence-corrected chi connectivity index (χ3v) is 6.26. The smallest absolute Gasteiger partial charge is 0.333 e. The summed E-state index contributed by atoms with van der Waals surface area (Å²) in [6.45, 7) is 0. The SMILES string of the molecule is COc1cnnc(S(=O)(=O)NC(=O)Nc2c3c(cc4c2CCC4)CCC3)c1. The average Bonchev–Trinajstić information content (AvgIpc) is 3.30. The number of sulfonamides is 1. The molecule has 2 aliphatic carbocycles. The van der Waals surface area contributed by atoms with E-state index in [9.17, 15) is 13.2 Å². The fraction of sp³-hybridized carbons (Fsp3) is 0.389. The van der Waals surface area contributed by atoms with E-state index in [1.807, 2.05) is 4.72 Å². The second kappa shape index (κ2) is 6.80. The van der Waals surface area contributed by atoms with Crippen molar-refractivity contribution in [2.75, 3.05) is 12.4 Å². The van der Waals surface area contributed by atoms with Crippen LogP contribution in [0.2, 0.25) is 0 Å². The van der Waals surface area contributed by atoms with E-state index in [4.69, 9.17) is 4.74 Å². The molecule has 0 aliphatic heterocycles. The summed E-state index contributed by atoms with van der Waals surface area (Å²) in [6, 6.07) is 2.66. The lowest BCUT2D eigenvalue weighted by molar-refractivity contribution is 0.256. The molecule has 2 aliphatic rings. The summed E-state index contributed by atoms with van der Waals surface area (Å²) in [7, 11) is -2.76. The van der Waals surface area contributed by atoms with E-state index >= 15 is 0 Å². The van der Waals surface area contributed by atoms with Crippen LogP contribution >= 0.6 is 0 Å². The number of carbonyl (C=O) groups is 1. The van der Waals surface area contributed by atoms with E-state index < -0.39 is 16.1 Å². The topological polar surface area (TPSA) is 110 Å². The lowest BCUT2D eigenvalue weighted by atomic mass is 9.99. The Bertz CT molecular complexity index is 988. The number of ether oxygens (including phenoxy) is 1. The number of nitrogens with one attached hydrogen (secondary N) is 2. The highest BCUT2D eigenvalue weighted by molar-refractivity contribution is 7.90. The molecule has 0 saturated heterocycles. The maximum atomic E-state index is 12.5. The summed E-state index contributed by atoms with van der Waals surface area (Å²) in [5.74, 6) is 0.240. The molecule has 1 aromatic carbocycles. The Morgan fingerprint density at radius 2 is 1.74 bits per heavy atom. The number of aromatic nitrogens is 2. The number of aryl methyl sites for hydroxylation is 2. The third-order valence-electron chi connectivity index (χ3n) is 5.06. The summed E-state index contributed by atoms with van der Waals surface area (Å²) in [6.07, 6.45) is 7.17. The van der Waals surface area contributed by atoms with Crippen molar-refractivity contribution >= 4 is 21.7 Å². The van der Waals surface area contributed by atoms with E-state index in [0.29, 0.717) is 0 Å². The lowest BCUT2D eigenvalue weighted by Crippen LogP contribution is -2.35. The Hall–Kier alpha value is -2.68. The first-order chi connectivity index (χ1) is 13.0. The fourth-order valence-corrected chi connectivity index (χ4v) is 4.68. The molecule has 2 amide bonds. The molecule has 0 atom stereocenters. The average molecular weight is 388 g/mol. The van der Waals surface area contributed by atoms with Crippen LogP contribution in [0.3, 0.4) is 0 Å². The van der Waals surface area contributed by atoms with Crippen molar-refractivity contribution in [1.29, 1.82) is 0 Å². The van der Waals surface area contributed by atoms with Gasteiger partial charge in [-0.1, -0.05) is 6.07 Å². The minimum absolute atomic E-state index is 0.240. The Kier molecular flexibility index (Phi) is 4.47. The fourth-order valence-electron chi connectivity index (χ4n) is 3.85. The zero-order valence-electron chi connectivity index (χ0n) is 14.9. The molecule has 0 bridgehead atoms. The predicted molar refractivity (Wildman–Crippen MR) is 98.4 cm³/mol. The van der Waals surface area contributed by atoms with E-state index in [-0.39, 0.29) is 10.8 Å². The maximum Gasteiger partial charge on any atom is 0.333 e. The molecule has 4 rings (SSSR count). The summed E-state index contributed by atoms with van der Waals surface area (Å²) in [5, 5.41) is 9.57. The zero-order chi connectivity index (χ0) is 19.0. The van der Waals surface area contributed by atoms with Gasteiger partial charge < -0.3 is 10.1 Å². The van der Waals surface area contributed by atoms with Crippen molar-refractivity contribution < 1.29 is 17.9 Å². The van der Waals surface area contributed by atoms with Crippen LogP contribution in [0.25, 0.3) is 0 Å². The maximum absolute atomic E-state index is 12.5. The summed E-state index contributed by atoms with van der Waals surface area (Å²) < 4.78 is 31.9. The number of carbonyl (C=O) groups excluding carboxylic acids is 1. The van der Waals surface area contributed by atoms with Gasteiger partial charge in [0.2, 0.25) is 5.03 Å². The number of urea groups is 1. The van der Waals surface area contributed by atoms with Crippen molar-refractivity contribution in [2.24, 2.45) is 0 Å². The molecule has 9 heteroatoms. The van der Waals surface area contributed by atoms with Crippen LogP contribution in [-0.4, -0.2) is 31.8 Å². The van der Waals surface area contributed by atoms with Crippen LogP contribution in [0.5, 0.6) is 5.75 Å². The number of rotatable bonds is 4. The molecular weight excluding hydrogens is 368 g/mol. The van der Waals surface area contributed by atoms with Gasteiger partial charge in [0, 0.05) is 11.8 Å². The van der Waals surface area contributed by atoms with E-state index in [1.54, 1.807) is 0 Å². The molecule has 1 heterocycles. The van der Waals surface area contributed by atoms with Gasteiger partial charge in [-0.2, -0.15) is 13.5 Å². The van der Waals surface area contributed by atoms with Crippen molar-refractivity contribution in [3.05, 3.63) is 40.6 Å². The molecular formula is C18H20N4O4S.